The summed E-state index contributed by atoms with van der Waals surface area (Å²) in [5, 5.41) is 4.31. The van der Waals surface area contributed by atoms with Crippen molar-refractivity contribution in [2.45, 2.75) is 33.5 Å². The molecule has 1 aliphatic rings. The summed E-state index contributed by atoms with van der Waals surface area (Å²) in [4.78, 5) is 36.5. The molecule has 0 radical (unpaired) electrons. The van der Waals surface area contributed by atoms with Crippen LogP contribution in [-0.2, 0) is 24.4 Å². The first-order valence-corrected chi connectivity index (χ1v) is 7.78. The van der Waals surface area contributed by atoms with E-state index in [0.29, 0.717) is 31.4 Å². The Morgan fingerprint density at radius 1 is 1.29 bits per heavy atom. The Morgan fingerprint density at radius 2 is 2.04 bits per heavy atom. The summed E-state index contributed by atoms with van der Waals surface area (Å²) in [5.41, 5.74) is 1.73. The molecule has 0 atom stereocenters. The van der Waals surface area contributed by atoms with Gasteiger partial charge in [0.15, 0.2) is 5.82 Å². The number of amides is 1. The first-order chi connectivity index (χ1) is 11.4. The second kappa shape index (κ2) is 6.06. The van der Waals surface area contributed by atoms with Gasteiger partial charge in [0.25, 0.3) is 0 Å². The molecule has 0 N–H and O–H groups in total. The van der Waals surface area contributed by atoms with Crippen molar-refractivity contribution in [1.29, 1.82) is 0 Å². The van der Waals surface area contributed by atoms with Crippen LogP contribution in [0.25, 0.3) is 0 Å². The van der Waals surface area contributed by atoms with Crippen molar-refractivity contribution >= 4 is 11.9 Å². The molecule has 1 aliphatic heterocycles. The zero-order valence-electron chi connectivity index (χ0n) is 14.4. The Bertz CT molecular complexity index is 837. The lowest BCUT2D eigenvalue weighted by molar-refractivity contribution is -0.129. The third kappa shape index (κ3) is 2.89. The highest BCUT2D eigenvalue weighted by molar-refractivity contribution is 5.75. The number of aromatic nitrogens is 5. The van der Waals surface area contributed by atoms with Gasteiger partial charge in [0.1, 0.15) is 6.54 Å². The Kier molecular flexibility index (Phi) is 4.08. The third-order valence-corrected chi connectivity index (χ3v) is 4.20. The van der Waals surface area contributed by atoms with E-state index in [9.17, 15) is 9.59 Å². The Labute approximate surface area is 139 Å². The molecule has 2 aromatic rings. The van der Waals surface area contributed by atoms with E-state index in [4.69, 9.17) is 0 Å². The number of likely N-dealkylation sites (N-methyl/N-ethyl adjacent to an activating group) is 1. The maximum Gasteiger partial charge on any atom is 0.346 e. The van der Waals surface area contributed by atoms with Crippen molar-refractivity contribution in [1.82, 2.24) is 29.2 Å². The van der Waals surface area contributed by atoms with Crippen molar-refractivity contribution in [2.24, 2.45) is 0 Å². The van der Waals surface area contributed by atoms with E-state index in [1.54, 1.807) is 24.9 Å². The van der Waals surface area contributed by atoms with E-state index in [1.165, 1.54) is 9.58 Å². The van der Waals surface area contributed by atoms with Gasteiger partial charge in [0.05, 0.1) is 6.54 Å². The number of fused-ring (bicyclic) bond motifs is 1. The van der Waals surface area contributed by atoms with Crippen molar-refractivity contribution < 1.29 is 4.79 Å². The molecule has 9 heteroatoms. The Hall–Kier alpha value is -2.71. The summed E-state index contributed by atoms with van der Waals surface area (Å²) in [7, 11) is 3.31. The van der Waals surface area contributed by atoms with Crippen molar-refractivity contribution in [3.8, 4) is 0 Å². The molecule has 3 heterocycles. The monoisotopic (exact) mass is 331 g/mol. The van der Waals surface area contributed by atoms with Gasteiger partial charge in [-0.2, -0.15) is 5.10 Å². The predicted molar refractivity (Wildman–Crippen MR) is 87.7 cm³/mol. The predicted octanol–water partition coefficient (Wildman–Crippen LogP) is -0.440. The lowest BCUT2D eigenvalue weighted by Crippen LogP contribution is -2.39. The van der Waals surface area contributed by atoms with Gasteiger partial charge in [-0.15, -0.1) is 0 Å². The normalized spacial score (nSPS) is 13.8. The van der Waals surface area contributed by atoms with Crippen LogP contribution in [0.4, 0.5) is 5.95 Å². The van der Waals surface area contributed by atoms with Crippen LogP contribution in [0, 0.1) is 13.8 Å². The van der Waals surface area contributed by atoms with E-state index in [2.05, 4.69) is 15.1 Å². The summed E-state index contributed by atoms with van der Waals surface area (Å²) in [5.74, 6) is 1.09. The molecule has 0 bridgehead atoms. The zero-order chi connectivity index (χ0) is 17.4. The van der Waals surface area contributed by atoms with Gasteiger partial charge in [-0.05, 0) is 19.4 Å². The van der Waals surface area contributed by atoms with Crippen LogP contribution >= 0.6 is 0 Å². The minimum absolute atomic E-state index is 0.0496. The Balaban J connectivity index is 1.84. The molecule has 0 spiro atoms. The molecule has 0 fully saturated rings. The third-order valence-electron chi connectivity index (χ3n) is 4.20. The quantitative estimate of drug-likeness (QED) is 0.757. The summed E-state index contributed by atoms with van der Waals surface area (Å²) in [6.45, 7) is 5.44. The molecule has 3 rings (SSSR count). The fourth-order valence-electron chi connectivity index (χ4n) is 2.51. The van der Waals surface area contributed by atoms with Gasteiger partial charge < -0.3 is 9.80 Å². The van der Waals surface area contributed by atoms with E-state index >= 15 is 0 Å². The number of nitrogens with zero attached hydrogens (tertiary/aromatic N) is 7. The molecule has 2 aromatic heterocycles. The summed E-state index contributed by atoms with van der Waals surface area (Å²) in [6, 6.07) is 0. The number of hydrogen-bond acceptors (Lipinski definition) is 6. The molecule has 9 nitrogen and oxygen atoms in total. The molecule has 0 saturated carbocycles. The number of carbonyl (C=O) groups is 1. The largest absolute Gasteiger partial charge is 0.347 e. The summed E-state index contributed by atoms with van der Waals surface area (Å²) < 4.78 is 2.84. The maximum atomic E-state index is 12.4. The number of rotatable bonds is 3. The number of anilines is 1. The van der Waals surface area contributed by atoms with Gasteiger partial charge in [0, 0.05) is 39.1 Å². The average Bonchev–Trinajstić information content (AvgIpc) is 2.85. The van der Waals surface area contributed by atoms with E-state index < -0.39 is 0 Å². The molecule has 0 aromatic carbocycles. The Morgan fingerprint density at radius 3 is 2.71 bits per heavy atom. The second-order valence-corrected chi connectivity index (χ2v) is 6.16. The summed E-state index contributed by atoms with van der Waals surface area (Å²) >= 11 is 0. The highest BCUT2D eigenvalue weighted by Crippen LogP contribution is 2.16. The van der Waals surface area contributed by atoms with Gasteiger partial charge in [0.2, 0.25) is 11.9 Å². The lowest BCUT2D eigenvalue weighted by Gasteiger charge is -2.26. The molecule has 0 saturated heterocycles. The standard InChI is InChI=1S/C15H21N7O2/c1-10-7-16-14(17-11(10)2)20-5-6-21-12(8-20)18-22(15(21)24)9-13(23)19(3)4/h7H,5-6,8-9H2,1-4H3. The van der Waals surface area contributed by atoms with Crippen molar-refractivity contribution in [3.05, 3.63) is 33.8 Å². The van der Waals surface area contributed by atoms with Crippen LogP contribution < -0.4 is 10.6 Å². The van der Waals surface area contributed by atoms with Crippen LogP contribution in [0.3, 0.4) is 0 Å². The first kappa shape index (κ1) is 16.2. The average molecular weight is 331 g/mol. The lowest BCUT2D eigenvalue weighted by atomic mass is 10.3. The van der Waals surface area contributed by atoms with Gasteiger partial charge in [-0.25, -0.2) is 19.4 Å². The molecule has 24 heavy (non-hydrogen) atoms. The van der Waals surface area contributed by atoms with Crippen molar-refractivity contribution in [3.63, 3.8) is 0 Å². The van der Waals surface area contributed by atoms with Crippen LogP contribution in [0.1, 0.15) is 17.1 Å². The first-order valence-electron chi connectivity index (χ1n) is 7.78. The van der Waals surface area contributed by atoms with Crippen molar-refractivity contribution in [2.75, 3.05) is 25.5 Å². The number of carbonyl (C=O) groups excluding carboxylic acids is 1. The number of hydrogen-bond donors (Lipinski definition) is 0. The molecule has 0 aliphatic carbocycles. The van der Waals surface area contributed by atoms with E-state index in [-0.39, 0.29) is 18.1 Å². The van der Waals surface area contributed by atoms with E-state index in [1.807, 2.05) is 18.7 Å². The highest BCUT2D eigenvalue weighted by atomic mass is 16.2. The number of aryl methyl sites for hydroxylation is 2. The molecule has 1 amide bonds. The van der Waals surface area contributed by atoms with Gasteiger partial charge in [-0.3, -0.25) is 9.36 Å². The van der Waals surface area contributed by atoms with E-state index in [0.717, 1.165) is 11.3 Å². The van der Waals surface area contributed by atoms with Gasteiger partial charge >= 0.3 is 5.69 Å². The molecule has 0 unspecified atom stereocenters. The highest BCUT2D eigenvalue weighted by Gasteiger charge is 2.24. The van der Waals surface area contributed by atoms with Crippen LogP contribution in [0.15, 0.2) is 11.0 Å². The van der Waals surface area contributed by atoms with Gasteiger partial charge in [-0.1, -0.05) is 0 Å². The molecule has 128 valence electrons. The minimum atomic E-state index is -0.249. The zero-order valence-corrected chi connectivity index (χ0v) is 14.4. The molecular weight excluding hydrogens is 310 g/mol. The smallest absolute Gasteiger partial charge is 0.346 e. The van der Waals surface area contributed by atoms with Crippen LogP contribution in [-0.4, -0.2) is 55.8 Å². The topological polar surface area (TPSA) is 89.2 Å². The minimum Gasteiger partial charge on any atom is -0.347 e. The SMILES string of the molecule is Cc1cnc(N2CCn3c(nn(CC(=O)N(C)C)c3=O)C2)nc1C. The maximum absolute atomic E-state index is 12.4. The summed E-state index contributed by atoms with van der Waals surface area (Å²) in [6.07, 6.45) is 1.80. The van der Waals surface area contributed by atoms with Crippen LogP contribution in [0.2, 0.25) is 0 Å². The second-order valence-electron chi connectivity index (χ2n) is 6.16. The molecular formula is C15H21N7O2. The fraction of sp³-hybridized carbons (Fsp3) is 0.533. The fourth-order valence-corrected chi connectivity index (χ4v) is 2.51. The van der Waals surface area contributed by atoms with Crippen LogP contribution in [0.5, 0.6) is 0 Å².